The van der Waals surface area contributed by atoms with E-state index in [2.05, 4.69) is 0 Å². The number of rotatable bonds is 8. The molecule has 0 unspecified atom stereocenters. The van der Waals surface area contributed by atoms with Crippen LogP contribution in [0.4, 0.5) is 5.69 Å². The predicted molar refractivity (Wildman–Crippen MR) is 115 cm³/mol. The highest BCUT2D eigenvalue weighted by molar-refractivity contribution is 6.33. The molecule has 0 bridgehead atoms. The summed E-state index contributed by atoms with van der Waals surface area (Å²) in [7, 11) is 0. The van der Waals surface area contributed by atoms with E-state index in [4.69, 9.17) is 21.8 Å². The SMILES string of the molecule is O=C(O)c1ccc(CN(Cc2ccc(C(=O)O)cc2)c2ccc(C(=O)O)c(Cl)c2)cc1. The van der Waals surface area contributed by atoms with E-state index in [1.807, 2.05) is 4.90 Å². The Morgan fingerprint density at radius 3 is 1.48 bits per heavy atom. The maximum Gasteiger partial charge on any atom is 0.337 e. The Balaban J connectivity index is 1.92. The highest BCUT2D eigenvalue weighted by Crippen LogP contribution is 2.27. The van der Waals surface area contributed by atoms with Crippen LogP contribution in [0.2, 0.25) is 5.02 Å². The summed E-state index contributed by atoms with van der Waals surface area (Å²) in [5.74, 6) is -3.16. The fourth-order valence-corrected chi connectivity index (χ4v) is 3.31. The van der Waals surface area contributed by atoms with Crippen LogP contribution in [0.15, 0.2) is 66.7 Å². The molecule has 3 rings (SSSR count). The minimum atomic E-state index is -1.13. The third-order valence-electron chi connectivity index (χ3n) is 4.70. The van der Waals surface area contributed by atoms with Crippen molar-refractivity contribution in [1.29, 1.82) is 0 Å². The molecule has 0 atom stereocenters. The van der Waals surface area contributed by atoms with Crippen molar-refractivity contribution >= 4 is 35.2 Å². The average Bonchev–Trinajstić information content (AvgIpc) is 2.73. The number of anilines is 1. The molecule has 3 aromatic carbocycles. The van der Waals surface area contributed by atoms with Gasteiger partial charge in [-0.2, -0.15) is 0 Å². The quantitative estimate of drug-likeness (QED) is 0.468. The van der Waals surface area contributed by atoms with Crippen molar-refractivity contribution in [2.45, 2.75) is 13.1 Å². The van der Waals surface area contributed by atoms with Gasteiger partial charge < -0.3 is 20.2 Å². The van der Waals surface area contributed by atoms with Crippen molar-refractivity contribution in [3.05, 3.63) is 99.6 Å². The van der Waals surface area contributed by atoms with Gasteiger partial charge in [-0.1, -0.05) is 35.9 Å². The first-order valence-electron chi connectivity index (χ1n) is 9.17. The molecule has 0 saturated heterocycles. The summed E-state index contributed by atoms with van der Waals surface area (Å²) in [5, 5.41) is 27.5. The molecule has 0 radical (unpaired) electrons. The fraction of sp³-hybridized carbons (Fsp3) is 0.0870. The van der Waals surface area contributed by atoms with E-state index in [0.29, 0.717) is 18.8 Å². The first-order valence-corrected chi connectivity index (χ1v) is 9.54. The summed E-state index contributed by atoms with van der Waals surface area (Å²) in [6.07, 6.45) is 0. The van der Waals surface area contributed by atoms with Gasteiger partial charge in [0.2, 0.25) is 0 Å². The molecule has 0 aliphatic carbocycles. The van der Waals surface area contributed by atoms with Crippen LogP contribution in [0.3, 0.4) is 0 Å². The molecule has 7 nitrogen and oxygen atoms in total. The summed E-state index contributed by atoms with van der Waals surface area (Å²) >= 11 is 6.15. The second kappa shape index (κ2) is 9.32. The predicted octanol–water partition coefficient (Wildman–Crippen LogP) is 4.64. The second-order valence-corrected chi connectivity index (χ2v) is 7.24. The van der Waals surface area contributed by atoms with Crippen LogP contribution in [0.1, 0.15) is 42.2 Å². The molecule has 31 heavy (non-hydrogen) atoms. The smallest absolute Gasteiger partial charge is 0.337 e. The standard InChI is InChI=1S/C23H18ClNO6/c24-20-11-18(9-10-19(20)23(30)31)25(12-14-1-5-16(6-2-14)21(26)27)13-15-3-7-17(8-4-15)22(28)29/h1-11H,12-13H2,(H,26,27)(H,28,29)(H,30,31). The number of aromatic carboxylic acids is 3. The van der Waals surface area contributed by atoms with E-state index < -0.39 is 17.9 Å². The average molecular weight is 440 g/mol. The van der Waals surface area contributed by atoms with Crippen LogP contribution in [0, 0.1) is 0 Å². The third kappa shape index (κ3) is 5.40. The van der Waals surface area contributed by atoms with Crippen molar-refractivity contribution in [1.82, 2.24) is 0 Å². The molecule has 0 amide bonds. The topological polar surface area (TPSA) is 115 Å². The number of nitrogens with zero attached hydrogens (tertiary/aromatic N) is 1. The normalized spacial score (nSPS) is 10.5. The lowest BCUT2D eigenvalue weighted by Gasteiger charge is -2.26. The second-order valence-electron chi connectivity index (χ2n) is 6.83. The first kappa shape index (κ1) is 21.9. The summed E-state index contributed by atoms with van der Waals surface area (Å²) in [5.41, 5.74) is 2.68. The molecule has 3 aromatic rings. The summed E-state index contributed by atoms with van der Waals surface area (Å²) in [4.78, 5) is 35.4. The zero-order valence-electron chi connectivity index (χ0n) is 16.2. The zero-order chi connectivity index (χ0) is 22.5. The van der Waals surface area contributed by atoms with E-state index in [0.717, 1.165) is 11.1 Å². The molecule has 0 aliphatic heterocycles. The Kier molecular flexibility index (Phi) is 6.57. The minimum Gasteiger partial charge on any atom is -0.478 e. The van der Waals surface area contributed by atoms with Gasteiger partial charge in [0.1, 0.15) is 0 Å². The molecule has 0 heterocycles. The molecular formula is C23H18ClNO6. The molecule has 158 valence electrons. The lowest BCUT2D eigenvalue weighted by Crippen LogP contribution is -2.22. The lowest BCUT2D eigenvalue weighted by atomic mass is 10.1. The van der Waals surface area contributed by atoms with E-state index in [9.17, 15) is 19.5 Å². The van der Waals surface area contributed by atoms with Crippen molar-refractivity contribution in [3.63, 3.8) is 0 Å². The fourth-order valence-electron chi connectivity index (χ4n) is 3.06. The van der Waals surface area contributed by atoms with E-state index in [-0.39, 0.29) is 21.7 Å². The Morgan fingerprint density at radius 2 is 1.13 bits per heavy atom. The molecule has 8 heteroatoms. The number of carboxylic acid groups (broad SMARTS) is 3. The number of halogens is 1. The van der Waals surface area contributed by atoms with Gasteiger partial charge in [-0.05, 0) is 53.6 Å². The summed E-state index contributed by atoms with van der Waals surface area (Å²) < 4.78 is 0. The Morgan fingerprint density at radius 1 is 0.677 bits per heavy atom. The molecular weight excluding hydrogens is 422 g/mol. The largest absolute Gasteiger partial charge is 0.478 e. The molecule has 0 aromatic heterocycles. The monoisotopic (exact) mass is 439 g/mol. The van der Waals surface area contributed by atoms with Gasteiger partial charge in [0.25, 0.3) is 0 Å². The van der Waals surface area contributed by atoms with E-state index in [1.165, 1.54) is 30.3 Å². The van der Waals surface area contributed by atoms with Crippen molar-refractivity contribution < 1.29 is 29.7 Å². The minimum absolute atomic E-state index is 0.0120. The number of carboxylic acids is 3. The third-order valence-corrected chi connectivity index (χ3v) is 5.01. The maximum atomic E-state index is 11.3. The van der Waals surface area contributed by atoms with Crippen LogP contribution in [0.25, 0.3) is 0 Å². The van der Waals surface area contributed by atoms with Crippen molar-refractivity contribution in [2.24, 2.45) is 0 Å². The molecule has 0 aliphatic rings. The van der Waals surface area contributed by atoms with Crippen LogP contribution in [-0.4, -0.2) is 33.2 Å². The number of hydrogen-bond donors (Lipinski definition) is 3. The van der Waals surface area contributed by atoms with Gasteiger partial charge in [0.05, 0.1) is 21.7 Å². The number of hydrogen-bond acceptors (Lipinski definition) is 4. The summed E-state index contributed by atoms with van der Waals surface area (Å²) in [6, 6.07) is 17.5. The van der Waals surface area contributed by atoms with Crippen LogP contribution >= 0.6 is 11.6 Å². The van der Waals surface area contributed by atoms with Crippen LogP contribution < -0.4 is 4.90 Å². The maximum absolute atomic E-state index is 11.3. The van der Waals surface area contributed by atoms with Gasteiger partial charge >= 0.3 is 17.9 Å². The number of benzene rings is 3. The van der Waals surface area contributed by atoms with Gasteiger partial charge in [-0.3, -0.25) is 0 Å². The Labute approximate surface area is 182 Å². The molecule has 0 saturated carbocycles. The van der Waals surface area contributed by atoms with Gasteiger partial charge in [0.15, 0.2) is 0 Å². The highest BCUT2D eigenvalue weighted by atomic mass is 35.5. The van der Waals surface area contributed by atoms with Crippen molar-refractivity contribution in [2.75, 3.05) is 4.90 Å². The van der Waals surface area contributed by atoms with E-state index >= 15 is 0 Å². The Hall–Kier alpha value is -3.84. The van der Waals surface area contributed by atoms with Crippen LogP contribution in [-0.2, 0) is 13.1 Å². The van der Waals surface area contributed by atoms with Crippen LogP contribution in [0.5, 0.6) is 0 Å². The lowest BCUT2D eigenvalue weighted by molar-refractivity contribution is 0.0686. The van der Waals surface area contributed by atoms with Gasteiger partial charge in [-0.15, -0.1) is 0 Å². The molecule has 3 N–H and O–H groups in total. The number of carbonyl (C=O) groups is 3. The van der Waals surface area contributed by atoms with Gasteiger partial charge in [0, 0.05) is 18.8 Å². The van der Waals surface area contributed by atoms with Crippen molar-refractivity contribution in [3.8, 4) is 0 Å². The van der Waals surface area contributed by atoms with E-state index in [1.54, 1.807) is 36.4 Å². The molecule has 0 spiro atoms. The molecule has 0 fully saturated rings. The summed E-state index contributed by atoms with van der Waals surface area (Å²) in [6.45, 7) is 0.784. The highest BCUT2D eigenvalue weighted by Gasteiger charge is 2.15. The Bertz CT molecular complexity index is 1070. The van der Waals surface area contributed by atoms with Gasteiger partial charge in [-0.25, -0.2) is 14.4 Å². The zero-order valence-corrected chi connectivity index (χ0v) is 16.9. The first-order chi connectivity index (χ1) is 14.7.